The summed E-state index contributed by atoms with van der Waals surface area (Å²) in [5.41, 5.74) is 0.443. The molecule has 1 saturated heterocycles. The summed E-state index contributed by atoms with van der Waals surface area (Å²) in [6, 6.07) is 0. The molecule has 0 spiro atoms. The Bertz CT molecular complexity index is 558. The molecule has 0 amide bonds. The molecule has 1 N–H and O–H groups in total. The van der Waals surface area contributed by atoms with Crippen molar-refractivity contribution in [3.63, 3.8) is 0 Å². The molecule has 5 nitrogen and oxygen atoms in total. The quantitative estimate of drug-likeness (QED) is 0.881. The van der Waals surface area contributed by atoms with Gasteiger partial charge in [0.2, 0.25) is 0 Å². The summed E-state index contributed by atoms with van der Waals surface area (Å²) in [4.78, 5) is 13.4. The van der Waals surface area contributed by atoms with Gasteiger partial charge in [0.1, 0.15) is 0 Å². The van der Waals surface area contributed by atoms with E-state index in [9.17, 15) is 13.2 Å². The molecule has 1 aromatic rings. The Labute approximate surface area is 105 Å². The highest BCUT2D eigenvalue weighted by molar-refractivity contribution is 7.91. The molecule has 1 unspecified atom stereocenters. The molecular weight excluding hydrogens is 260 g/mol. The molecule has 1 aliphatic rings. The number of piperidine rings is 1. The minimum Gasteiger partial charge on any atom is -0.315 e. The number of aromatic nitrogens is 1. The Kier molecular flexibility index (Phi) is 3.42. The summed E-state index contributed by atoms with van der Waals surface area (Å²) in [5, 5.41) is 0. The number of rotatable bonds is 2. The van der Waals surface area contributed by atoms with E-state index in [1.807, 2.05) is 6.92 Å². The van der Waals surface area contributed by atoms with E-state index in [0.29, 0.717) is 24.7 Å². The zero-order valence-electron chi connectivity index (χ0n) is 9.89. The molecular formula is C10H16N2O3S2. The highest BCUT2D eigenvalue weighted by Crippen LogP contribution is 2.26. The third-order valence-electron chi connectivity index (χ3n) is 2.98. The maximum absolute atomic E-state index is 12.3. The van der Waals surface area contributed by atoms with Gasteiger partial charge in [0.05, 0.1) is 0 Å². The normalized spacial score (nSPS) is 22.8. The standard InChI is InChI=1S/C10H16N2O3S2/c1-7-4-3-5-12(6-7)17(14,15)9-8(2)11-10(13)16-9/h7H,3-6H2,1-2H3,(H,11,13). The Morgan fingerprint density at radius 2 is 2.18 bits per heavy atom. The lowest BCUT2D eigenvalue weighted by atomic mass is 10.0. The summed E-state index contributed by atoms with van der Waals surface area (Å²) < 4.78 is 26.3. The molecule has 0 aromatic carbocycles. The number of aromatic amines is 1. The van der Waals surface area contributed by atoms with Crippen LogP contribution in [0.25, 0.3) is 0 Å². The number of hydrogen-bond acceptors (Lipinski definition) is 4. The summed E-state index contributed by atoms with van der Waals surface area (Å²) >= 11 is 0.775. The minimum absolute atomic E-state index is 0.164. The first-order valence-electron chi connectivity index (χ1n) is 5.61. The van der Waals surface area contributed by atoms with E-state index in [2.05, 4.69) is 4.98 Å². The predicted molar refractivity (Wildman–Crippen MR) is 66.8 cm³/mol. The van der Waals surface area contributed by atoms with Crippen LogP contribution in [0.3, 0.4) is 0 Å². The largest absolute Gasteiger partial charge is 0.315 e. The van der Waals surface area contributed by atoms with E-state index in [4.69, 9.17) is 0 Å². The number of hydrogen-bond donors (Lipinski definition) is 1. The van der Waals surface area contributed by atoms with Gasteiger partial charge in [-0.15, -0.1) is 0 Å². The first kappa shape index (κ1) is 12.8. The van der Waals surface area contributed by atoms with E-state index < -0.39 is 10.0 Å². The molecule has 2 heterocycles. The molecule has 2 rings (SSSR count). The number of H-pyrrole nitrogens is 1. The Hall–Kier alpha value is -0.660. The van der Waals surface area contributed by atoms with Crippen LogP contribution in [0.5, 0.6) is 0 Å². The molecule has 1 fully saturated rings. The van der Waals surface area contributed by atoms with E-state index in [1.165, 1.54) is 4.31 Å². The fraction of sp³-hybridized carbons (Fsp3) is 0.700. The first-order chi connectivity index (χ1) is 7.91. The lowest BCUT2D eigenvalue weighted by Gasteiger charge is -2.29. The number of thiazole rings is 1. The van der Waals surface area contributed by atoms with Gasteiger partial charge in [-0.3, -0.25) is 4.79 Å². The average Bonchev–Trinajstić information content (AvgIpc) is 2.58. The summed E-state index contributed by atoms with van der Waals surface area (Å²) in [6.45, 7) is 4.78. The Morgan fingerprint density at radius 1 is 1.47 bits per heavy atom. The van der Waals surface area contributed by atoms with E-state index >= 15 is 0 Å². The second kappa shape index (κ2) is 4.55. The highest BCUT2D eigenvalue weighted by Gasteiger charge is 2.31. The molecule has 1 aromatic heterocycles. The number of nitrogens with one attached hydrogen (secondary N) is 1. The minimum atomic E-state index is -3.48. The van der Waals surface area contributed by atoms with Crippen LogP contribution in [0.15, 0.2) is 9.00 Å². The molecule has 1 aliphatic heterocycles. The maximum atomic E-state index is 12.3. The third kappa shape index (κ3) is 2.46. The second-order valence-electron chi connectivity index (χ2n) is 4.54. The van der Waals surface area contributed by atoms with Gasteiger partial charge in [-0.05, 0) is 25.7 Å². The van der Waals surface area contributed by atoms with E-state index in [0.717, 1.165) is 24.2 Å². The van der Waals surface area contributed by atoms with Crippen LogP contribution in [-0.4, -0.2) is 30.8 Å². The van der Waals surface area contributed by atoms with Crippen molar-refractivity contribution in [3.05, 3.63) is 15.4 Å². The molecule has 0 saturated carbocycles. The molecule has 96 valence electrons. The molecule has 7 heteroatoms. The van der Waals surface area contributed by atoms with Crippen LogP contribution in [0.2, 0.25) is 0 Å². The van der Waals surface area contributed by atoms with Crippen LogP contribution in [0.4, 0.5) is 0 Å². The predicted octanol–water partition coefficient (Wildman–Crippen LogP) is 1.17. The monoisotopic (exact) mass is 276 g/mol. The zero-order valence-corrected chi connectivity index (χ0v) is 11.5. The lowest BCUT2D eigenvalue weighted by Crippen LogP contribution is -2.38. The molecule has 0 radical (unpaired) electrons. The second-order valence-corrected chi connectivity index (χ2v) is 7.65. The van der Waals surface area contributed by atoms with Crippen LogP contribution >= 0.6 is 11.3 Å². The van der Waals surface area contributed by atoms with Crippen molar-refractivity contribution >= 4 is 21.4 Å². The highest BCUT2D eigenvalue weighted by atomic mass is 32.2. The summed E-state index contributed by atoms with van der Waals surface area (Å²) in [5.74, 6) is 0.384. The van der Waals surface area contributed by atoms with Gasteiger partial charge in [-0.2, -0.15) is 4.31 Å². The van der Waals surface area contributed by atoms with Gasteiger partial charge in [0, 0.05) is 18.8 Å². The van der Waals surface area contributed by atoms with Gasteiger partial charge in [-0.25, -0.2) is 8.42 Å². The topological polar surface area (TPSA) is 70.2 Å². The van der Waals surface area contributed by atoms with Crippen molar-refractivity contribution in [3.8, 4) is 0 Å². The number of aryl methyl sites for hydroxylation is 1. The van der Waals surface area contributed by atoms with Gasteiger partial charge in [0.25, 0.3) is 10.0 Å². The Morgan fingerprint density at radius 3 is 2.71 bits per heavy atom. The fourth-order valence-corrected chi connectivity index (χ4v) is 5.15. The van der Waals surface area contributed by atoms with Gasteiger partial charge in [-0.1, -0.05) is 18.3 Å². The van der Waals surface area contributed by atoms with E-state index in [1.54, 1.807) is 6.92 Å². The summed E-state index contributed by atoms with van der Waals surface area (Å²) in [7, 11) is -3.48. The van der Waals surface area contributed by atoms with Crippen molar-refractivity contribution in [2.75, 3.05) is 13.1 Å². The molecule has 1 atom stereocenters. The van der Waals surface area contributed by atoms with Crippen molar-refractivity contribution < 1.29 is 8.42 Å². The van der Waals surface area contributed by atoms with Crippen LogP contribution in [-0.2, 0) is 10.0 Å². The zero-order chi connectivity index (χ0) is 12.6. The van der Waals surface area contributed by atoms with E-state index in [-0.39, 0.29) is 9.08 Å². The smallest absolute Gasteiger partial charge is 0.305 e. The third-order valence-corrected chi connectivity index (χ3v) is 6.42. The fourth-order valence-electron chi connectivity index (χ4n) is 2.12. The van der Waals surface area contributed by atoms with Crippen molar-refractivity contribution in [1.29, 1.82) is 0 Å². The number of sulfonamides is 1. The number of nitrogens with zero attached hydrogens (tertiary/aromatic N) is 1. The lowest BCUT2D eigenvalue weighted by molar-refractivity contribution is 0.281. The molecule has 0 aliphatic carbocycles. The summed E-state index contributed by atoms with van der Waals surface area (Å²) in [6.07, 6.45) is 1.95. The molecule has 17 heavy (non-hydrogen) atoms. The average molecular weight is 276 g/mol. The Balaban J connectivity index is 2.36. The van der Waals surface area contributed by atoms with Crippen LogP contribution in [0, 0.1) is 12.8 Å². The van der Waals surface area contributed by atoms with Gasteiger partial charge >= 0.3 is 4.87 Å². The van der Waals surface area contributed by atoms with Crippen molar-refractivity contribution in [1.82, 2.24) is 9.29 Å². The van der Waals surface area contributed by atoms with Gasteiger partial charge < -0.3 is 4.98 Å². The SMILES string of the molecule is Cc1[nH]c(=O)sc1S(=O)(=O)N1CCCC(C)C1. The van der Waals surface area contributed by atoms with Crippen molar-refractivity contribution in [2.45, 2.75) is 30.9 Å². The van der Waals surface area contributed by atoms with Crippen molar-refractivity contribution in [2.24, 2.45) is 5.92 Å². The van der Waals surface area contributed by atoms with Crippen LogP contribution in [0.1, 0.15) is 25.5 Å². The van der Waals surface area contributed by atoms with Crippen LogP contribution < -0.4 is 4.87 Å². The first-order valence-corrected chi connectivity index (χ1v) is 7.87. The molecule has 0 bridgehead atoms. The van der Waals surface area contributed by atoms with Gasteiger partial charge in [0.15, 0.2) is 4.21 Å². The maximum Gasteiger partial charge on any atom is 0.305 e.